The van der Waals surface area contributed by atoms with Crippen LogP contribution in [0.1, 0.15) is 18.4 Å². The molecule has 0 saturated carbocycles. The van der Waals surface area contributed by atoms with Gasteiger partial charge in [0.15, 0.2) is 11.4 Å². The topological polar surface area (TPSA) is 41.3 Å². The zero-order valence-electron chi connectivity index (χ0n) is 11.9. The van der Waals surface area contributed by atoms with Crippen molar-refractivity contribution in [2.75, 3.05) is 25.0 Å². The number of hydrogen-bond acceptors (Lipinski definition) is 4. The van der Waals surface area contributed by atoms with Crippen LogP contribution in [0.15, 0.2) is 16.7 Å². The second-order valence-electron chi connectivity index (χ2n) is 5.99. The Bertz CT molecular complexity index is 650. The van der Waals surface area contributed by atoms with Gasteiger partial charge >= 0.3 is 0 Å². The van der Waals surface area contributed by atoms with Crippen LogP contribution in [0.25, 0.3) is 11.0 Å². The zero-order chi connectivity index (χ0) is 13.7. The van der Waals surface area contributed by atoms with Crippen molar-refractivity contribution in [1.82, 2.24) is 10.1 Å². The van der Waals surface area contributed by atoms with Gasteiger partial charge in [-0.05, 0) is 50.4 Å². The second kappa shape index (κ2) is 5.67. The summed E-state index contributed by atoms with van der Waals surface area (Å²) >= 11 is 6.28. The minimum Gasteiger partial charge on any atom is -0.362 e. The molecule has 1 N–H and O–H groups in total. The van der Waals surface area contributed by atoms with Gasteiger partial charge < -0.3 is 14.7 Å². The molecule has 4 heterocycles. The first-order chi connectivity index (χ1) is 9.72. The molecular formula is C15H19Cl2N3O. The molecule has 0 aliphatic carbocycles. The van der Waals surface area contributed by atoms with Crippen LogP contribution in [0.3, 0.4) is 0 Å². The summed E-state index contributed by atoms with van der Waals surface area (Å²) in [5, 5.41) is 9.41. The first kappa shape index (κ1) is 14.9. The summed E-state index contributed by atoms with van der Waals surface area (Å²) < 4.78 is 5.42. The lowest BCUT2D eigenvalue weighted by Crippen LogP contribution is -2.53. The fraction of sp³-hybridized carbons (Fsp3) is 0.533. The highest BCUT2D eigenvalue weighted by molar-refractivity contribution is 6.35. The van der Waals surface area contributed by atoms with Gasteiger partial charge in [-0.1, -0.05) is 22.8 Å². The second-order valence-corrected chi connectivity index (χ2v) is 6.37. The molecule has 0 radical (unpaired) electrons. The third kappa shape index (κ3) is 2.50. The highest BCUT2D eigenvalue weighted by atomic mass is 35.5. The van der Waals surface area contributed by atoms with Crippen LogP contribution < -0.4 is 5.32 Å². The quantitative estimate of drug-likeness (QED) is 0.912. The molecule has 5 rings (SSSR count). The summed E-state index contributed by atoms with van der Waals surface area (Å²) in [6.07, 6.45) is 2.57. The molecule has 1 aromatic heterocycles. The highest BCUT2D eigenvalue weighted by Gasteiger charge is 2.34. The standard InChI is InChI=1S/C15H18ClN3O.ClH/c1-9-2-3-11-14(13(9)16)20-18-15(11)17-12-8-19-6-4-10(12)5-7-19;/h2-3,10,12H,4-8H2,1H3,(H,17,18);1H/t12-;/m0./s1. The maximum atomic E-state index is 6.28. The number of aryl methyl sites for hydroxylation is 1. The van der Waals surface area contributed by atoms with Crippen molar-refractivity contribution in [2.24, 2.45) is 5.92 Å². The molecule has 3 aliphatic rings. The Morgan fingerprint density at radius 3 is 2.76 bits per heavy atom. The smallest absolute Gasteiger partial charge is 0.187 e. The molecule has 1 atom stereocenters. The molecule has 0 unspecified atom stereocenters. The number of aromatic nitrogens is 1. The van der Waals surface area contributed by atoms with Gasteiger partial charge in [0.2, 0.25) is 0 Å². The van der Waals surface area contributed by atoms with Gasteiger partial charge in [0.05, 0.1) is 10.4 Å². The number of nitrogens with zero attached hydrogens (tertiary/aromatic N) is 2. The molecule has 3 aliphatic heterocycles. The van der Waals surface area contributed by atoms with Gasteiger partial charge in [0.25, 0.3) is 0 Å². The molecule has 3 saturated heterocycles. The van der Waals surface area contributed by atoms with Crippen LogP contribution in [-0.4, -0.2) is 35.7 Å². The Morgan fingerprint density at radius 1 is 1.33 bits per heavy atom. The van der Waals surface area contributed by atoms with E-state index in [9.17, 15) is 0 Å². The number of halogens is 2. The third-order valence-electron chi connectivity index (χ3n) is 4.75. The SMILES string of the molecule is Cc1ccc2c(N[C@H]3CN4CCC3CC4)noc2c1Cl.Cl. The average molecular weight is 328 g/mol. The van der Waals surface area contributed by atoms with E-state index in [4.69, 9.17) is 16.1 Å². The van der Waals surface area contributed by atoms with Gasteiger partial charge in [-0.25, -0.2) is 0 Å². The maximum absolute atomic E-state index is 6.28. The van der Waals surface area contributed by atoms with Crippen molar-refractivity contribution in [3.8, 4) is 0 Å². The Morgan fingerprint density at radius 2 is 2.10 bits per heavy atom. The summed E-state index contributed by atoms with van der Waals surface area (Å²) in [5.41, 5.74) is 1.71. The number of hydrogen-bond donors (Lipinski definition) is 1. The van der Waals surface area contributed by atoms with E-state index in [1.165, 1.54) is 25.9 Å². The van der Waals surface area contributed by atoms with E-state index in [0.29, 0.717) is 16.6 Å². The van der Waals surface area contributed by atoms with Gasteiger partial charge in [0, 0.05) is 12.6 Å². The molecule has 0 spiro atoms. The molecule has 3 fully saturated rings. The number of fused-ring (bicyclic) bond motifs is 4. The van der Waals surface area contributed by atoms with Crippen molar-refractivity contribution in [2.45, 2.75) is 25.8 Å². The molecule has 2 aromatic rings. The molecule has 114 valence electrons. The number of rotatable bonds is 2. The van der Waals surface area contributed by atoms with Crippen molar-refractivity contribution < 1.29 is 4.52 Å². The molecule has 21 heavy (non-hydrogen) atoms. The summed E-state index contributed by atoms with van der Waals surface area (Å²) in [5.74, 6) is 1.59. The molecule has 1 aromatic carbocycles. The minimum atomic E-state index is 0. The van der Waals surface area contributed by atoms with Crippen molar-refractivity contribution in [3.05, 3.63) is 22.7 Å². The maximum Gasteiger partial charge on any atom is 0.187 e. The molecule has 2 bridgehead atoms. The lowest BCUT2D eigenvalue weighted by molar-refractivity contribution is 0.0973. The van der Waals surface area contributed by atoms with E-state index in [-0.39, 0.29) is 12.4 Å². The lowest BCUT2D eigenvalue weighted by Gasteiger charge is -2.44. The first-order valence-electron chi connectivity index (χ1n) is 7.26. The van der Waals surface area contributed by atoms with E-state index >= 15 is 0 Å². The molecular weight excluding hydrogens is 309 g/mol. The van der Waals surface area contributed by atoms with Crippen LogP contribution in [0, 0.1) is 12.8 Å². The molecule has 6 heteroatoms. The predicted molar refractivity (Wildman–Crippen MR) is 87.6 cm³/mol. The summed E-state index contributed by atoms with van der Waals surface area (Å²) in [7, 11) is 0. The summed E-state index contributed by atoms with van der Waals surface area (Å²) in [6.45, 7) is 5.57. The summed E-state index contributed by atoms with van der Waals surface area (Å²) in [4.78, 5) is 2.52. The number of benzene rings is 1. The van der Waals surface area contributed by atoms with Crippen LogP contribution >= 0.6 is 24.0 Å². The van der Waals surface area contributed by atoms with E-state index in [1.807, 2.05) is 19.1 Å². The number of anilines is 1. The zero-order valence-corrected chi connectivity index (χ0v) is 13.5. The Balaban J connectivity index is 0.00000132. The fourth-order valence-electron chi connectivity index (χ4n) is 3.48. The van der Waals surface area contributed by atoms with Crippen molar-refractivity contribution in [1.29, 1.82) is 0 Å². The van der Waals surface area contributed by atoms with Crippen molar-refractivity contribution in [3.63, 3.8) is 0 Å². The Kier molecular flexibility index (Phi) is 4.04. The van der Waals surface area contributed by atoms with E-state index in [1.54, 1.807) is 0 Å². The molecule has 4 nitrogen and oxygen atoms in total. The summed E-state index contributed by atoms with van der Waals surface area (Å²) in [6, 6.07) is 4.53. The largest absolute Gasteiger partial charge is 0.362 e. The van der Waals surface area contributed by atoms with E-state index < -0.39 is 0 Å². The van der Waals surface area contributed by atoms with Gasteiger partial charge in [-0.3, -0.25) is 0 Å². The van der Waals surface area contributed by atoms with E-state index in [0.717, 1.165) is 29.2 Å². The minimum absolute atomic E-state index is 0. The van der Waals surface area contributed by atoms with Crippen LogP contribution in [0.5, 0.6) is 0 Å². The Labute approximate surface area is 135 Å². The fourth-order valence-corrected chi connectivity index (χ4v) is 3.68. The van der Waals surface area contributed by atoms with Crippen LogP contribution in [-0.2, 0) is 0 Å². The van der Waals surface area contributed by atoms with Crippen molar-refractivity contribution >= 4 is 40.8 Å². The third-order valence-corrected chi connectivity index (χ3v) is 5.22. The van der Waals surface area contributed by atoms with Crippen LogP contribution in [0.4, 0.5) is 5.82 Å². The average Bonchev–Trinajstić information content (AvgIpc) is 2.88. The van der Waals surface area contributed by atoms with E-state index in [2.05, 4.69) is 15.4 Å². The highest BCUT2D eigenvalue weighted by Crippen LogP contribution is 2.34. The first-order valence-corrected chi connectivity index (χ1v) is 7.63. The predicted octanol–water partition coefficient (Wildman–Crippen LogP) is 3.72. The van der Waals surface area contributed by atoms with Gasteiger partial charge in [0.1, 0.15) is 0 Å². The normalized spacial score (nSPS) is 27.6. The van der Waals surface area contributed by atoms with Gasteiger partial charge in [-0.15, -0.1) is 12.4 Å². The van der Waals surface area contributed by atoms with Gasteiger partial charge in [-0.2, -0.15) is 0 Å². The monoisotopic (exact) mass is 327 g/mol. The number of nitrogens with one attached hydrogen (secondary N) is 1. The van der Waals surface area contributed by atoms with Crippen LogP contribution in [0.2, 0.25) is 5.02 Å². The lowest BCUT2D eigenvalue weighted by atomic mass is 9.84. The molecule has 0 amide bonds. The number of piperidine rings is 3. The Hall–Kier alpha value is -0.970.